The van der Waals surface area contributed by atoms with Gasteiger partial charge in [-0.3, -0.25) is 4.79 Å². The highest BCUT2D eigenvalue weighted by Crippen LogP contribution is 2.29. The van der Waals surface area contributed by atoms with Crippen molar-refractivity contribution in [2.75, 3.05) is 13.1 Å². The van der Waals surface area contributed by atoms with Gasteiger partial charge in [0.2, 0.25) is 0 Å². The summed E-state index contributed by atoms with van der Waals surface area (Å²) in [6.45, 7) is 10.7. The molecule has 1 N–H and O–H groups in total. The van der Waals surface area contributed by atoms with E-state index in [1.54, 1.807) is 16.2 Å². The molecule has 1 fully saturated rings. The monoisotopic (exact) mass is 363 g/mol. The molecule has 1 unspecified atom stereocenters. The van der Waals surface area contributed by atoms with Crippen molar-refractivity contribution in [2.24, 2.45) is 0 Å². The minimum Gasteiger partial charge on any atom is -0.444 e. The molecule has 1 saturated heterocycles. The number of carbonyl (C=O) groups is 1. The molecule has 0 aliphatic carbocycles. The lowest BCUT2D eigenvalue weighted by atomic mass is 9.97. The molecule has 2 aromatic heterocycles. The molecular formula is C18H25N3O3S. The van der Waals surface area contributed by atoms with Crippen LogP contribution in [0.15, 0.2) is 4.79 Å². The van der Waals surface area contributed by atoms with Crippen LogP contribution >= 0.6 is 11.3 Å². The number of nitrogens with zero attached hydrogens (tertiary/aromatic N) is 2. The fourth-order valence-electron chi connectivity index (χ4n) is 3.16. The minimum atomic E-state index is -0.512. The van der Waals surface area contributed by atoms with E-state index in [1.807, 2.05) is 34.6 Å². The van der Waals surface area contributed by atoms with Gasteiger partial charge in [-0.2, -0.15) is 0 Å². The Hall–Kier alpha value is -1.89. The zero-order chi connectivity index (χ0) is 18.4. The Labute approximate surface area is 151 Å². The molecule has 0 bridgehead atoms. The predicted molar refractivity (Wildman–Crippen MR) is 99.5 cm³/mol. The SMILES string of the molecule is Cc1sc2nc(C3CCCN(C(=O)OC(C)(C)C)C3)[nH]c(=O)c2c1C. The zero-order valence-electron chi connectivity index (χ0n) is 15.4. The number of nitrogens with one attached hydrogen (secondary N) is 1. The average molecular weight is 363 g/mol. The van der Waals surface area contributed by atoms with Crippen LogP contribution in [-0.2, 0) is 4.74 Å². The van der Waals surface area contributed by atoms with Gasteiger partial charge in [-0.15, -0.1) is 11.3 Å². The van der Waals surface area contributed by atoms with Crippen LogP contribution in [0.25, 0.3) is 10.2 Å². The number of aromatic amines is 1. The molecule has 7 heteroatoms. The molecule has 2 aromatic rings. The Morgan fingerprint density at radius 2 is 2.08 bits per heavy atom. The van der Waals surface area contributed by atoms with Crippen molar-refractivity contribution in [1.29, 1.82) is 0 Å². The minimum absolute atomic E-state index is 0.0288. The number of carbonyl (C=O) groups excluding carboxylic acids is 1. The van der Waals surface area contributed by atoms with E-state index >= 15 is 0 Å². The molecule has 0 spiro atoms. The highest BCUT2D eigenvalue weighted by molar-refractivity contribution is 7.18. The molecule has 6 nitrogen and oxygen atoms in total. The van der Waals surface area contributed by atoms with E-state index < -0.39 is 5.60 Å². The van der Waals surface area contributed by atoms with Crippen molar-refractivity contribution in [1.82, 2.24) is 14.9 Å². The van der Waals surface area contributed by atoms with Crippen LogP contribution in [0.5, 0.6) is 0 Å². The molecule has 1 atom stereocenters. The zero-order valence-corrected chi connectivity index (χ0v) is 16.2. The summed E-state index contributed by atoms with van der Waals surface area (Å²) < 4.78 is 5.47. The summed E-state index contributed by atoms with van der Waals surface area (Å²) in [6, 6.07) is 0. The van der Waals surface area contributed by atoms with Gasteiger partial charge in [0.05, 0.1) is 5.39 Å². The van der Waals surface area contributed by atoms with Crippen LogP contribution < -0.4 is 5.56 Å². The van der Waals surface area contributed by atoms with E-state index in [1.165, 1.54) is 0 Å². The smallest absolute Gasteiger partial charge is 0.410 e. The summed E-state index contributed by atoms with van der Waals surface area (Å²) in [5.74, 6) is 0.702. The van der Waals surface area contributed by atoms with Crippen molar-refractivity contribution in [2.45, 2.75) is 59.0 Å². The van der Waals surface area contributed by atoms with Gasteiger partial charge < -0.3 is 14.6 Å². The first-order chi connectivity index (χ1) is 11.7. The van der Waals surface area contributed by atoms with Gasteiger partial charge in [-0.1, -0.05) is 0 Å². The van der Waals surface area contributed by atoms with Crippen LogP contribution in [0.2, 0.25) is 0 Å². The number of H-pyrrole nitrogens is 1. The number of rotatable bonds is 1. The molecule has 1 aliphatic rings. The second-order valence-electron chi connectivity index (χ2n) is 7.68. The number of likely N-dealkylation sites (tertiary alicyclic amines) is 1. The molecule has 25 heavy (non-hydrogen) atoms. The highest BCUT2D eigenvalue weighted by atomic mass is 32.1. The number of hydrogen-bond acceptors (Lipinski definition) is 5. The van der Waals surface area contributed by atoms with E-state index in [4.69, 9.17) is 9.72 Å². The third-order valence-corrected chi connectivity index (χ3v) is 5.62. The maximum Gasteiger partial charge on any atom is 0.410 e. The number of thiophene rings is 1. The maximum atomic E-state index is 12.5. The van der Waals surface area contributed by atoms with Gasteiger partial charge in [-0.05, 0) is 53.0 Å². The van der Waals surface area contributed by atoms with E-state index in [2.05, 4.69) is 4.98 Å². The van der Waals surface area contributed by atoms with Crippen LogP contribution in [0, 0.1) is 13.8 Å². The van der Waals surface area contributed by atoms with Gasteiger partial charge >= 0.3 is 6.09 Å². The average Bonchev–Trinajstić information content (AvgIpc) is 2.81. The number of aromatic nitrogens is 2. The van der Waals surface area contributed by atoms with E-state index in [-0.39, 0.29) is 17.6 Å². The molecule has 1 aliphatic heterocycles. The molecule has 3 heterocycles. The topological polar surface area (TPSA) is 75.3 Å². The molecule has 1 amide bonds. The summed E-state index contributed by atoms with van der Waals surface area (Å²) in [6.07, 6.45) is 1.47. The summed E-state index contributed by atoms with van der Waals surface area (Å²) >= 11 is 1.55. The van der Waals surface area contributed by atoms with Gasteiger partial charge in [0.15, 0.2) is 0 Å². The van der Waals surface area contributed by atoms with Crippen LogP contribution in [0.1, 0.15) is 55.8 Å². The number of piperidine rings is 1. The molecule has 0 radical (unpaired) electrons. The number of aryl methyl sites for hydroxylation is 2. The molecular weight excluding hydrogens is 338 g/mol. The second-order valence-corrected chi connectivity index (χ2v) is 8.88. The Kier molecular flexibility index (Phi) is 4.62. The first kappa shape index (κ1) is 17.9. The number of hydrogen-bond donors (Lipinski definition) is 1. The molecule has 3 rings (SSSR count). The lowest BCUT2D eigenvalue weighted by Crippen LogP contribution is -2.42. The highest BCUT2D eigenvalue weighted by Gasteiger charge is 2.30. The van der Waals surface area contributed by atoms with Crippen LogP contribution in [0.3, 0.4) is 0 Å². The van der Waals surface area contributed by atoms with Gasteiger partial charge in [-0.25, -0.2) is 9.78 Å². The normalized spacial score (nSPS) is 18.6. The third kappa shape index (κ3) is 3.71. The van der Waals surface area contributed by atoms with Gasteiger partial charge in [0.1, 0.15) is 16.3 Å². The Bertz CT molecular complexity index is 863. The van der Waals surface area contributed by atoms with Gasteiger partial charge in [0.25, 0.3) is 5.56 Å². The van der Waals surface area contributed by atoms with E-state index in [9.17, 15) is 9.59 Å². The van der Waals surface area contributed by atoms with E-state index in [0.717, 1.165) is 28.1 Å². The van der Waals surface area contributed by atoms with E-state index in [0.29, 0.717) is 24.3 Å². The first-order valence-corrected chi connectivity index (χ1v) is 9.45. The van der Waals surface area contributed by atoms with Crippen molar-refractivity contribution in [3.8, 4) is 0 Å². The number of ether oxygens (including phenoxy) is 1. The fourth-order valence-corrected chi connectivity index (χ4v) is 4.19. The van der Waals surface area contributed by atoms with Crippen molar-refractivity contribution in [3.05, 3.63) is 26.6 Å². The third-order valence-electron chi connectivity index (χ3n) is 4.52. The van der Waals surface area contributed by atoms with Crippen molar-refractivity contribution < 1.29 is 9.53 Å². The molecule has 136 valence electrons. The first-order valence-electron chi connectivity index (χ1n) is 8.63. The predicted octanol–water partition coefficient (Wildman–Crippen LogP) is 3.72. The Morgan fingerprint density at radius 1 is 1.36 bits per heavy atom. The molecule has 0 saturated carbocycles. The largest absolute Gasteiger partial charge is 0.444 e. The maximum absolute atomic E-state index is 12.5. The Morgan fingerprint density at radius 3 is 2.76 bits per heavy atom. The van der Waals surface area contributed by atoms with Crippen molar-refractivity contribution >= 4 is 27.6 Å². The summed E-state index contributed by atoms with van der Waals surface area (Å²) in [5, 5.41) is 0.686. The van der Waals surface area contributed by atoms with Crippen molar-refractivity contribution in [3.63, 3.8) is 0 Å². The standard InChI is InChI=1S/C18H25N3O3S/c1-10-11(2)25-16-13(10)15(22)19-14(20-16)12-7-6-8-21(9-12)17(23)24-18(3,4)5/h12H,6-9H2,1-5H3,(H,19,20,22). The van der Waals surface area contributed by atoms with Gasteiger partial charge in [0, 0.05) is 23.9 Å². The van der Waals surface area contributed by atoms with Crippen LogP contribution in [-0.4, -0.2) is 39.7 Å². The second kappa shape index (κ2) is 6.44. The van der Waals surface area contributed by atoms with Crippen LogP contribution in [0.4, 0.5) is 4.79 Å². The summed E-state index contributed by atoms with van der Waals surface area (Å²) in [4.78, 5) is 36.1. The molecule has 0 aromatic carbocycles. The quantitative estimate of drug-likeness (QED) is 0.838. The lowest BCUT2D eigenvalue weighted by molar-refractivity contribution is 0.0196. The Balaban J connectivity index is 1.85. The lowest BCUT2D eigenvalue weighted by Gasteiger charge is -2.33. The number of fused-ring (bicyclic) bond motifs is 1. The summed E-state index contributed by atoms with van der Waals surface area (Å²) in [5.41, 5.74) is 0.400. The fraction of sp³-hybridized carbons (Fsp3) is 0.611. The number of amides is 1. The summed E-state index contributed by atoms with van der Waals surface area (Å²) in [7, 11) is 0.